The smallest absolute Gasteiger partial charge is 0.264 e. The number of amides is 2. The summed E-state index contributed by atoms with van der Waals surface area (Å²) in [5.74, 6) is -0.757. The van der Waals surface area contributed by atoms with Crippen LogP contribution in [0.15, 0.2) is 83.8 Å². The van der Waals surface area contributed by atoms with E-state index in [9.17, 15) is 18.0 Å². The second kappa shape index (κ2) is 12.7. The summed E-state index contributed by atoms with van der Waals surface area (Å²) in [4.78, 5) is 28.6. The average molecular weight is 536 g/mol. The molecule has 0 bridgehead atoms. The van der Waals surface area contributed by atoms with E-state index in [0.717, 1.165) is 27.4 Å². The van der Waals surface area contributed by atoms with Crippen LogP contribution in [0.1, 0.15) is 43.9 Å². The molecule has 0 fully saturated rings. The van der Waals surface area contributed by atoms with Crippen LogP contribution in [-0.4, -0.2) is 43.8 Å². The highest BCUT2D eigenvalue weighted by Gasteiger charge is 2.32. The molecule has 0 aromatic heterocycles. The van der Waals surface area contributed by atoms with E-state index in [2.05, 4.69) is 5.32 Å². The van der Waals surface area contributed by atoms with E-state index in [4.69, 9.17) is 0 Å². The Kier molecular flexibility index (Phi) is 9.69. The van der Waals surface area contributed by atoms with Crippen LogP contribution < -0.4 is 9.62 Å². The molecule has 202 valence electrons. The van der Waals surface area contributed by atoms with Gasteiger partial charge in [-0.2, -0.15) is 0 Å². The number of hydrogen-bond donors (Lipinski definition) is 1. The monoisotopic (exact) mass is 535 g/mol. The second-order valence-electron chi connectivity index (χ2n) is 9.67. The standard InChI is InChI=1S/C30H37N3O4S/c1-6-24(4)31-30(35)25(5)32(20-26-14-10-12-22(2)18-26)29(34)21-33(27-15-11-13-23(3)19-27)38(36,37)28-16-8-7-9-17-28/h7-19,24-25H,6,20-21H2,1-5H3,(H,31,35)/t24-,25+/m0/s1. The lowest BCUT2D eigenvalue weighted by molar-refractivity contribution is -0.139. The number of carbonyl (C=O) groups is 2. The topological polar surface area (TPSA) is 86.8 Å². The van der Waals surface area contributed by atoms with Gasteiger partial charge in [0.2, 0.25) is 11.8 Å². The number of benzene rings is 3. The van der Waals surface area contributed by atoms with Crippen molar-refractivity contribution in [2.75, 3.05) is 10.8 Å². The summed E-state index contributed by atoms with van der Waals surface area (Å²) >= 11 is 0. The maximum Gasteiger partial charge on any atom is 0.264 e. The van der Waals surface area contributed by atoms with Crippen molar-refractivity contribution in [1.29, 1.82) is 0 Å². The van der Waals surface area contributed by atoms with Gasteiger partial charge in [0.25, 0.3) is 10.0 Å². The van der Waals surface area contributed by atoms with Crippen molar-refractivity contribution in [2.45, 2.75) is 64.6 Å². The highest BCUT2D eigenvalue weighted by atomic mass is 32.2. The third-order valence-electron chi connectivity index (χ3n) is 6.50. The summed E-state index contributed by atoms with van der Waals surface area (Å²) < 4.78 is 28.7. The highest BCUT2D eigenvalue weighted by molar-refractivity contribution is 7.92. The molecule has 7 nitrogen and oxygen atoms in total. The van der Waals surface area contributed by atoms with E-state index >= 15 is 0 Å². The third-order valence-corrected chi connectivity index (χ3v) is 8.29. The SMILES string of the molecule is CC[C@H](C)NC(=O)[C@@H](C)N(Cc1cccc(C)c1)C(=O)CN(c1cccc(C)c1)S(=O)(=O)c1ccccc1. The van der Waals surface area contributed by atoms with Gasteiger partial charge in [0, 0.05) is 12.6 Å². The Bertz CT molecular complexity index is 1360. The molecule has 0 radical (unpaired) electrons. The van der Waals surface area contributed by atoms with Crippen molar-refractivity contribution in [2.24, 2.45) is 0 Å². The van der Waals surface area contributed by atoms with Crippen molar-refractivity contribution in [1.82, 2.24) is 10.2 Å². The molecule has 1 N–H and O–H groups in total. The van der Waals surface area contributed by atoms with Gasteiger partial charge >= 0.3 is 0 Å². The summed E-state index contributed by atoms with van der Waals surface area (Å²) in [6.07, 6.45) is 0.751. The molecule has 0 saturated carbocycles. The quantitative estimate of drug-likeness (QED) is 0.381. The fourth-order valence-corrected chi connectivity index (χ4v) is 5.51. The number of sulfonamides is 1. The predicted octanol–water partition coefficient (Wildman–Crippen LogP) is 4.83. The molecule has 38 heavy (non-hydrogen) atoms. The second-order valence-corrected chi connectivity index (χ2v) is 11.5. The van der Waals surface area contributed by atoms with Crippen molar-refractivity contribution in [3.63, 3.8) is 0 Å². The maximum atomic E-state index is 13.9. The van der Waals surface area contributed by atoms with Crippen LogP contribution in [0.2, 0.25) is 0 Å². The predicted molar refractivity (Wildman–Crippen MR) is 151 cm³/mol. The van der Waals surface area contributed by atoms with Crippen LogP contribution in [-0.2, 0) is 26.2 Å². The Balaban J connectivity index is 2.02. The van der Waals surface area contributed by atoms with Gasteiger partial charge in [0.05, 0.1) is 10.6 Å². The molecule has 0 aliphatic rings. The minimum atomic E-state index is -4.06. The highest BCUT2D eigenvalue weighted by Crippen LogP contribution is 2.25. The molecule has 3 aromatic carbocycles. The first-order chi connectivity index (χ1) is 18.0. The average Bonchev–Trinajstić information content (AvgIpc) is 2.90. The van der Waals surface area contributed by atoms with Gasteiger partial charge in [0.15, 0.2) is 0 Å². The molecule has 0 heterocycles. The number of aryl methyl sites for hydroxylation is 2. The number of carbonyl (C=O) groups excluding carboxylic acids is 2. The van der Waals surface area contributed by atoms with Gasteiger partial charge in [-0.3, -0.25) is 13.9 Å². The zero-order valence-electron chi connectivity index (χ0n) is 22.7. The normalized spacial score (nSPS) is 12.9. The Labute approximate surface area is 226 Å². The zero-order valence-corrected chi connectivity index (χ0v) is 23.5. The lowest BCUT2D eigenvalue weighted by Gasteiger charge is -2.32. The molecule has 0 aliphatic heterocycles. The van der Waals surface area contributed by atoms with Crippen molar-refractivity contribution in [3.05, 3.63) is 95.6 Å². The summed E-state index contributed by atoms with van der Waals surface area (Å²) in [5.41, 5.74) is 3.13. The van der Waals surface area contributed by atoms with Crippen LogP contribution in [0.3, 0.4) is 0 Å². The van der Waals surface area contributed by atoms with Crippen LogP contribution in [0.5, 0.6) is 0 Å². The zero-order chi connectivity index (χ0) is 27.9. The van der Waals surface area contributed by atoms with Gasteiger partial charge in [-0.1, -0.05) is 67.1 Å². The van der Waals surface area contributed by atoms with Crippen LogP contribution in [0, 0.1) is 13.8 Å². The van der Waals surface area contributed by atoms with Crippen molar-refractivity contribution < 1.29 is 18.0 Å². The van der Waals surface area contributed by atoms with E-state index in [-0.39, 0.29) is 23.4 Å². The molecular weight excluding hydrogens is 498 g/mol. The maximum absolute atomic E-state index is 13.9. The van der Waals surface area contributed by atoms with E-state index in [0.29, 0.717) is 5.69 Å². The lowest BCUT2D eigenvalue weighted by atomic mass is 10.1. The molecular formula is C30H37N3O4S. The number of hydrogen-bond acceptors (Lipinski definition) is 4. The lowest BCUT2D eigenvalue weighted by Crippen LogP contribution is -2.52. The fourth-order valence-electron chi connectivity index (χ4n) is 4.09. The minimum absolute atomic E-state index is 0.0527. The molecule has 2 atom stereocenters. The van der Waals surface area contributed by atoms with Gasteiger partial charge in [0.1, 0.15) is 12.6 Å². The first-order valence-electron chi connectivity index (χ1n) is 12.8. The van der Waals surface area contributed by atoms with Crippen molar-refractivity contribution >= 4 is 27.5 Å². The first kappa shape index (κ1) is 28.9. The van der Waals surface area contributed by atoms with Gasteiger partial charge < -0.3 is 10.2 Å². The van der Waals surface area contributed by atoms with E-state index in [1.54, 1.807) is 43.3 Å². The van der Waals surface area contributed by atoms with Gasteiger partial charge in [-0.25, -0.2) is 8.42 Å². The molecule has 0 saturated heterocycles. The molecule has 0 spiro atoms. The van der Waals surface area contributed by atoms with E-state index in [1.807, 2.05) is 58.0 Å². The van der Waals surface area contributed by atoms with Crippen LogP contribution in [0.4, 0.5) is 5.69 Å². The van der Waals surface area contributed by atoms with Crippen LogP contribution >= 0.6 is 0 Å². The number of nitrogens with one attached hydrogen (secondary N) is 1. The molecule has 3 rings (SSSR count). The van der Waals surface area contributed by atoms with Crippen LogP contribution in [0.25, 0.3) is 0 Å². The summed E-state index contributed by atoms with van der Waals surface area (Å²) in [5, 5.41) is 2.95. The number of rotatable bonds is 11. The molecule has 8 heteroatoms. The van der Waals surface area contributed by atoms with Gasteiger partial charge in [-0.05, 0) is 69.5 Å². The van der Waals surface area contributed by atoms with E-state index < -0.39 is 28.5 Å². The summed E-state index contributed by atoms with van der Waals surface area (Å²) in [6.45, 7) is 9.09. The summed E-state index contributed by atoms with van der Waals surface area (Å²) in [7, 11) is -4.06. The number of nitrogens with zero attached hydrogens (tertiary/aromatic N) is 2. The number of anilines is 1. The Morgan fingerprint density at radius 1 is 0.868 bits per heavy atom. The molecule has 0 unspecified atom stereocenters. The Morgan fingerprint density at radius 3 is 2.11 bits per heavy atom. The fraction of sp³-hybridized carbons (Fsp3) is 0.333. The van der Waals surface area contributed by atoms with E-state index in [1.165, 1.54) is 17.0 Å². The summed E-state index contributed by atoms with van der Waals surface area (Å²) in [6, 6.07) is 21.9. The van der Waals surface area contributed by atoms with Crippen molar-refractivity contribution in [3.8, 4) is 0 Å². The molecule has 3 aromatic rings. The minimum Gasteiger partial charge on any atom is -0.352 e. The Morgan fingerprint density at radius 2 is 1.50 bits per heavy atom. The molecule has 2 amide bonds. The Hall–Kier alpha value is -3.65. The third kappa shape index (κ3) is 7.22. The first-order valence-corrected chi connectivity index (χ1v) is 14.3. The largest absolute Gasteiger partial charge is 0.352 e. The molecule has 0 aliphatic carbocycles. The van der Waals surface area contributed by atoms with Gasteiger partial charge in [-0.15, -0.1) is 0 Å².